The topological polar surface area (TPSA) is 88.0 Å². The lowest BCUT2D eigenvalue weighted by Gasteiger charge is -2.33. The lowest BCUT2D eigenvalue weighted by Crippen LogP contribution is -2.41. The van der Waals surface area contributed by atoms with Crippen LogP contribution in [0.1, 0.15) is 36.6 Å². The first-order valence-electron chi connectivity index (χ1n) is 10.3. The zero-order chi connectivity index (χ0) is 21.8. The van der Waals surface area contributed by atoms with Crippen LogP contribution in [0.4, 0.5) is 10.3 Å². The van der Waals surface area contributed by atoms with Crippen molar-refractivity contribution in [2.24, 2.45) is 11.0 Å². The van der Waals surface area contributed by atoms with E-state index in [4.69, 9.17) is 0 Å². The summed E-state index contributed by atoms with van der Waals surface area (Å²) in [6, 6.07) is 9.85. The van der Waals surface area contributed by atoms with Crippen LogP contribution in [0, 0.1) is 11.7 Å². The largest absolute Gasteiger partial charge is 0.469 e. The fourth-order valence-electron chi connectivity index (χ4n) is 3.97. The van der Waals surface area contributed by atoms with E-state index in [-0.39, 0.29) is 30.0 Å². The third kappa shape index (κ3) is 4.55. The molecule has 2 aliphatic heterocycles. The maximum Gasteiger partial charge on any atom is 0.311 e. The van der Waals surface area contributed by atoms with E-state index in [9.17, 15) is 14.0 Å². The molecule has 31 heavy (non-hydrogen) atoms. The first-order valence-corrected chi connectivity index (χ1v) is 10.3. The number of aromatic nitrogens is 2. The smallest absolute Gasteiger partial charge is 0.311 e. The number of ether oxygens (including phenoxy) is 1. The van der Waals surface area contributed by atoms with E-state index in [1.54, 1.807) is 11.2 Å². The molecule has 1 fully saturated rings. The highest BCUT2D eigenvalue weighted by Crippen LogP contribution is 2.32. The summed E-state index contributed by atoms with van der Waals surface area (Å²) in [5, 5.41) is 5.95. The van der Waals surface area contributed by atoms with Crippen molar-refractivity contribution in [3.8, 4) is 0 Å². The van der Waals surface area contributed by atoms with Gasteiger partial charge in [0.25, 0.3) is 0 Å². The third-order valence-electron chi connectivity index (χ3n) is 5.71. The van der Waals surface area contributed by atoms with Crippen molar-refractivity contribution < 1.29 is 18.7 Å². The Bertz CT molecular complexity index is 976. The van der Waals surface area contributed by atoms with Crippen molar-refractivity contribution in [3.63, 3.8) is 0 Å². The second kappa shape index (κ2) is 9.20. The van der Waals surface area contributed by atoms with Crippen molar-refractivity contribution in [1.29, 1.82) is 0 Å². The van der Waals surface area contributed by atoms with Crippen LogP contribution in [0.2, 0.25) is 0 Å². The van der Waals surface area contributed by atoms with E-state index in [2.05, 4.69) is 19.8 Å². The summed E-state index contributed by atoms with van der Waals surface area (Å²) in [4.78, 5) is 34.8. The second-order valence-electron chi connectivity index (χ2n) is 7.62. The van der Waals surface area contributed by atoms with Crippen LogP contribution in [0.5, 0.6) is 0 Å². The van der Waals surface area contributed by atoms with Crippen LogP contribution < -0.4 is 4.90 Å². The molecule has 2 aliphatic rings. The molecule has 3 heterocycles. The van der Waals surface area contributed by atoms with Gasteiger partial charge >= 0.3 is 5.97 Å². The molecule has 0 aliphatic carbocycles. The van der Waals surface area contributed by atoms with E-state index in [1.165, 1.54) is 7.11 Å². The first kappa shape index (κ1) is 20.9. The number of hydrazone groups is 1. The minimum absolute atomic E-state index is 0.00663. The van der Waals surface area contributed by atoms with Gasteiger partial charge in [0.15, 0.2) is 5.82 Å². The Kier molecular flexibility index (Phi) is 6.20. The Balaban J connectivity index is 1.40. The lowest BCUT2D eigenvalue weighted by molar-refractivity contribution is -0.140. The molecule has 0 radical (unpaired) electrons. The normalized spacial score (nSPS) is 19.0. The number of hydrogen-bond donors (Lipinski definition) is 0. The maximum atomic E-state index is 13.9. The fraction of sp³-hybridized carbons (Fsp3) is 0.409. The average molecular weight is 425 g/mol. The van der Waals surface area contributed by atoms with Gasteiger partial charge < -0.3 is 9.64 Å². The number of carbonyl (C=O) groups excluding carboxylic acids is 2. The zero-order valence-corrected chi connectivity index (χ0v) is 17.3. The number of methoxy groups -OCH3 is 1. The van der Waals surface area contributed by atoms with Crippen LogP contribution in [-0.4, -0.2) is 53.3 Å². The van der Waals surface area contributed by atoms with Gasteiger partial charge in [0, 0.05) is 31.6 Å². The van der Waals surface area contributed by atoms with Crippen molar-refractivity contribution in [1.82, 2.24) is 15.0 Å². The van der Waals surface area contributed by atoms with Gasteiger partial charge in [-0.15, -0.1) is 0 Å². The Labute approximate surface area is 179 Å². The van der Waals surface area contributed by atoms with Crippen molar-refractivity contribution in [2.45, 2.75) is 31.7 Å². The molecule has 1 aromatic heterocycles. The van der Waals surface area contributed by atoms with E-state index >= 15 is 0 Å². The summed E-state index contributed by atoms with van der Waals surface area (Å²) in [7, 11) is 1.25. The number of amides is 1. The Morgan fingerprint density at radius 2 is 1.94 bits per heavy atom. The number of nitrogens with zero attached hydrogens (tertiary/aromatic N) is 5. The highest BCUT2D eigenvalue weighted by molar-refractivity contribution is 5.82. The summed E-state index contributed by atoms with van der Waals surface area (Å²) in [6.45, 7) is 1.13. The Morgan fingerprint density at radius 3 is 2.65 bits per heavy atom. The molecule has 9 heteroatoms. The van der Waals surface area contributed by atoms with Gasteiger partial charge in [-0.05, 0) is 18.4 Å². The number of piperidine rings is 1. The number of halogens is 1. The van der Waals surface area contributed by atoms with E-state index in [1.807, 2.05) is 35.2 Å². The SMILES string of the molecule is COC(=O)Cc1nc(N2CCC(C(=O)N3N=CCC3c3ccccc3)CC2)ncc1F. The summed E-state index contributed by atoms with van der Waals surface area (Å²) in [6.07, 6.45) is 4.57. The first-order chi connectivity index (χ1) is 15.1. The van der Waals surface area contributed by atoms with Crippen LogP contribution in [0.25, 0.3) is 0 Å². The monoisotopic (exact) mass is 425 g/mol. The van der Waals surface area contributed by atoms with Gasteiger partial charge in [0.05, 0.1) is 31.5 Å². The number of hydrogen-bond acceptors (Lipinski definition) is 7. The van der Waals surface area contributed by atoms with Crippen molar-refractivity contribution in [3.05, 3.63) is 53.6 Å². The van der Waals surface area contributed by atoms with E-state index in [0.717, 1.165) is 11.8 Å². The molecule has 0 bridgehead atoms. The molecule has 0 spiro atoms. The molecule has 0 N–H and O–H groups in total. The van der Waals surface area contributed by atoms with Gasteiger partial charge in [-0.1, -0.05) is 30.3 Å². The van der Waals surface area contributed by atoms with Gasteiger partial charge in [-0.25, -0.2) is 19.4 Å². The molecular formula is C22H24FN5O3. The van der Waals surface area contributed by atoms with Gasteiger partial charge in [0.1, 0.15) is 0 Å². The number of esters is 1. The number of benzene rings is 1. The Morgan fingerprint density at radius 1 is 1.19 bits per heavy atom. The molecule has 4 rings (SSSR count). The summed E-state index contributed by atoms with van der Waals surface area (Å²) < 4.78 is 18.5. The molecule has 8 nitrogen and oxygen atoms in total. The Hall–Kier alpha value is -3.36. The van der Waals surface area contributed by atoms with E-state index < -0.39 is 11.8 Å². The van der Waals surface area contributed by atoms with Crippen LogP contribution in [-0.2, 0) is 20.7 Å². The highest BCUT2D eigenvalue weighted by atomic mass is 19.1. The standard InChI is InChI=1S/C22H24FN5O3/c1-31-20(29)13-18-17(23)14-24-22(26-18)27-11-8-16(9-12-27)21(30)28-19(7-10-25-28)15-5-3-2-4-6-15/h2-6,10,14,16,19H,7-9,11-13H2,1H3. The van der Waals surface area contributed by atoms with Gasteiger partial charge in [-0.3, -0.25) is 9.59 Å². The third-order valence-corrected chi connectivity index (χ3v) is 5.71. The molecule has 162 valence electrons. The molecule has 1 amide bonds. The molecular weight excluding hydrogens is 401 g/mol. The van der Waals surface area contributed by atoms with E-state index in [0.29, 0.717) is 38.3 Å². The lowest BCUT2D eigenvalue weighted by atomic mass is 9.94. The average Bonchev–Trinajstić information content (AvgIpc) is 3.30. The summed E-state index contributed by atoms with van der Waals surface area (Å²) in [5.74, 6) is -0.973. The van der Waals surface area contributed by atoms with Crippen molar-refractivity contribution in [2.75, 3.05) is 25.1 Å². The minimum atomic E-state index is -0.641. The molecule has 1 saturated heterocycles. The zero-order valence-electron chi connectivity index (χ0n) is 17.3. The number of carbonyl (C=O) groups is 2. The molecule has 2 aromatic rings. The second-order valence-corrected chi connectivity index (χ2v) is 7.62. The number of rotatable bonds is 5. The molecule has 1 unspecified atom stereocenters. The van der Waals surface area contributed by atoms with Crippen LogP contribution in [0.3, 0.4) is 0 Å². The quantitative estimate of drug-likeness (QED) is 0.684. The van der Waals surface area contributed by atoms with Gasteiger partial charge in [-0.2, -0.15) is 5.10 Å². The maximum absolute atomic E-state index is 13.9. The predicted molar refractivity (Wildman–Crippen MR) is 112 cm³/mol. The van der Waals surface area contributed by atoms with Gasteiger partial charge in [0.2, 0.25) is 11.9 Å². The molecule has 1 aromatic carbocycles. The predicted octanol–water partition coefficient (Wildman–Crippen LogP) is 2.51. The molecule has 1 atom stereocenters. The fourth-order valence-corrected chi connectivity index (χ4v) is 3.97. The summed E-state index contributed by atoms with van der Waals surface area (Å²) in [5.41, 5.74) is 1.08. The van der Waals surface area contributed by atoms with Crippen LogP contribution in [0.15, 0.2) is 41.6 Å². The minimum Gasteiger partial charge on any atom is -0.469 e. The van der Waals surface area contributed by atoms with Crippen molar-refractivity contribution >= 4 is 24.0 Å². The number of anilines is 1. The highest BCUT2D eigenvalue weighted by Gasteiger charge is 2.35. The molecule has 0 saturated carbocycles. The van der Waals surface area contributed by atoms with Crippen LogP contribution >= 0.6 is 0 Å². The summed E-state index contributed by atoms with van der Waals surface area (Å²) >= 11 is 0.